The van der Waals surface area contributed by atoms with E-state index in [4.69, 9.17) is 5.73 Å². The third kappa shape index (κ3) is 5.26. The molecule has 1 atom stereocenters. The second kappa shape index (κ2) is 10.6. The van der Waals surface area contributed by atoms with Gasteiger partial charge in [-0.1, -0.05) is 44.9 Å². The van der Waals surface area contributed by atoms with Crippen molar-refractivity contribution in [1.82, 2.24) is 24.3 Å². The van der Waals surface area contributed by atoms with Crippen molar-refractivity contribution in [3.63, 3.8) is 0 Å². The maximum Gasteiger partial charge on any atom is 0.330 e. The summed E-state index contributed by atoms with van der Waals surface area (Å²) in [6.45, 7) is 0.600. The summed E-state index contributed by atoms with van der Waals surface area (Å²) >= 11 is 0. The van der Waals surface area contributed by atoms with Gasteiger partial charge in [-0.3, -0.25) is 24.0 Å². The predicted octanol–water partition coefficient (Wildman–Crippen LogP) is 2.71. The molecule has 3 aliphatic rings. The van der Waals surface area contributed by atoms with Crippen LogP contribution in [-0.2, 0) is 11.3 Å². The minimum absolute atomic E-state index is 0.0296. The Kier molecular flexibility index (Phi) is 7.57. The number of carbonyl (C=O) groups is 2. The number of urea groups is 1. The first-order valence-corrected chi connectivity index (χ1v) is 12.7. The van der Waals surface area contributed by atoms with Gasteiger partial charge in [-0.2, -0.15) is 0 Å². The van der Waals surface area contributed by atoms with Gasteiger partial charge in [0.2, 0.25) is 0 Å². The van der Waals surface area contributed by atoms with Gasteiger partial charge in [0.15, 0.2) is 5.65 Å². The van der Waals surface area contributed by atoms with Crippen LogP contribution in [0.1, 0.15) is 64.2 Å². The highest BCUT2D eigenvalue weighted by molar-refractivity contribution is 6.03. The number of hydrogen-bond acceptors (Lipinski definition) is 6. The highest BCUT2D eigenvalue weighted by atomic mass is 16.2. The van der Waals surface area contributed by atoms with Crippen LogP contribution in [0, 0.1) is 11.8 Å². The Hall–Kier alpha value is -3.17. The van der Waals surface area contributed by atoms with E-state index in [0.717, 1.165) is 19.3 Å². The number of aromatic nitrogens is 3. The summed E-state index contributed by atoms with van der Waals surface area (Å²) in [6.07, 6.45) is 13.3. The molecular formula is C25H36N6O4. The number of pyridine rings is 1. The van der Waals surface area contributed by atoms with Crippen molar-refractivity contribution in [2.45, 2.75) is 76.8 Å². The predicted molar refractivity (Wildman–Crippen MR) is 134 cm³/mol. The van der Waals surface area contributed by atoms with E-state index >= 15 is 0 Å². The molecule has 3 heterocycles. The summed E-state index contributed by atoms with van der Waals surface area (Å²) < 4.78 is 1.54. The summed E-state index contributed by atoms with van der Waals surface area (Å²) in [5.74, 6) is 1.08. The van der Waals surface area contributed by atoms with Gasteiger partial charge in [0.25, 0.3) is 11.5 Å². The van der Waals surface area contributed by atoms with Gasteiger partial charge >= 0.3 is 11.7 Å². The topological polar surface area (TPSA) is 134 Å². The smallest absolute Gasteiger partial charge is 0.330 e. The molecule has 0 bridgehead atoms. The van der Waals surface area contributed by atoms with Crippen molar-refractivity contribution in [3.8, 4) is 0 Å². The highest BCUT2D eigenvalue weighted by Crippen LogP contribution is 2.30. The Morgan fingerprint density at radius 1 is 0.971 bits per heavy atom. The van der Waals surface area contributed by atoms with Crippen molar-refractivity contribution in [2.75, 3.05) is 19.8 Å². The lowest BCUT2D eigenvalue weighted by Gasteiger charge is -2.25. The molecular weight excluding hydrogens is 448 g/mol. The van der Waals surface area contributed by atoms with Gasteiger partial charge < -0.3 is 10.6 Å². The first kappa shape index (κ1) is 24.9. The van der Waals surface area contributed by atoms with Crippen LogP contribution in [0.4, 0.5) is 10.5 Å². The van der Waals surface area contributed by atoms with Crippen LogP contribution in [0.3, 0.4) is 0 Å². The lowest BCUT2D eigenvalue weighted by atomic mass is 9.84. The minimum atomic E-state index is -0.465. The van der Waals surface area contributed by atoms with Crippen molar-refractivity contribution in [3.05, 3.63) is 33.1 Å². The van der Waals surface area contributed by atoms with Crippen LogP contribution in [-0.4, -0.2) is 56.4 Å². The molecule has 0 spiro atoms. The van der Waals surface area contributed by atoms with Gasteiger partial charge in [0.05, 0.1) is 0 Å². The van der Waals surface area contributed by atoms with E-state index in [1.807, 2.05) is 0 Å². The highest BCUT2D eigenvalue weighted by Gasteiger charge is 2.41. The van der Waals surface area contributed by atoms with E-state index in [1.54, 1.807) is 29.6 Å². The van der Waals surface area contributed by atoms with Crippen molar-refractivity contribution >= 4 is 28.7 Å². The third-order valence-corrected chi connectivity index (χ3v) is 7.78. The van der Waals surface area contributed by atoms with Gasteiger partial charge in [-0.25, -0.2) is 14.6 Å². The zero-order chi connectivity index (χ0) is 25.1. The Balaban J connectivity index is 0.000000168. The molecule has 10 heteroatoms. The largest absolute Gasteiger partial charge is 0.398 e. The number of aromatic amines is 1. The summed E-state index contributed by atoms with van der Waals surface area (Å²) in [5.41, 5.74) is 5.69. The fourth-order valence-corrected chi connectivity index (χ4v) is 5.70. The number of imide groups is 1. The number of nitrogens with zero attached hydrogens (tertiary/aromatic N) is 4. The number of carbonyl (C=O) groups excluding carboxylic acids is 2. The Morgan fingerprint density at radius 2 is 1.60 bits per heavy atom. The first-order valence-electron chi connectivity index (χ1n) is 12.7. The molecule has 3 N–H and O–H groups in total. The van der Waals surface area contributed by atoms with Gasteiger partial charge in [0, 0.05) is 32.5 Å². The van der Waals surface area contributed by atoms with E-state index in [9.17, 15) is 19.2 Å². The summed E-state index contributed by atoms with van der Waals surface area (Å²) in [4.78, 5) is 56.6. The SMILES string of the molecule is CN1C(=O)C(CC2CCCCC2)N(C)C1=O.Nc1ccnc2c1c(=O)[nH]c(=O)n2CC1CCCC1. The third-order valence-electron chi connectivity index (χ3n) is 7.78. The molecule has 1 aliphatic heterocycles. The maximum atomic E-state index is 12.0. The molecule has 1 unspecified atom stereocenters. The first-order chi connectivity index (χ1) is 16.8. The number of nitrogens with two attached hydrogens (primary N) is 1. The average molecular weight is 485 g/mol. The molecule has 2 aliphatic carbocycles. The zero-order valence-electron chi connectivity index (χ0n) is 20.7. The minimum Gasteiger partial charge on any atom is -0.398 e. The lowest BCUT2D eigenvalue weighted by Crippen LogP contribution is -2.33. The number of likely N-dealkylation sites (N-methyl/N-ethyl adjacent to an activating group) is 2. The quantitative estimate of drug-likeness (QED) is 0.641. The number of hydrogen-bond donors (Lipinski definition) is 2. The Labute approximate surface area is 204 Å². The van der Waals surface area contributed by atoms with E-state index in [0.29, 0.717) is 35.1 Å². The average Bonchev–Trinajstić information content (AvgIpc) is 3.42. The van der Waals surface area contributed by atoms with Crippen LogP contribution < -0.4 is 17.0 Å². The number of nitrogens with one attached hydrogen (secondary N) is 1. The fourth-order valence-electron chi connectivity index (χ4n) is 5.70. The maximum absolute atomic E-state index is 12.0. The van der Waals surface area contributed by atoms with Crippen LogP contribution in [0.25, 0.3) is 11.0 Å². The van der Waals surface area contributed by atoms with Crippen LogP contribution in [0.5, 0.6) is 0 Å². The van der Waals surface area contributed by atoms with E-state index in [2.05, 4.69) is 9.97 Å². The molecule has 1 saturated heterocycles. The molecule has 0 aromatic carbocycles. The van der Waals surface area contributed by atoms with Gasteiger partial charge in [-0.05, 0) is 37.2 Å². The van der Waals surface area contributed by atoms with Gasteiger partial charge in [0.1, 0.15) is 11.4 Å². The van der Waals surface area contributed by atoms with E-state index in [1.165, 1.54) is 56.0 Å². The van der Waals surface area contributed by atoms with Crippen LogP contribution in [0.15, 0.2) is 21.9 Å². The van der Waals surface area contributed by atoms with Gasteiger partial charge in [-0.15, -0.1) is 0 Å². The number of rotatable bonds is 4. The molecule has 5 rings (SSSR count). The second-order valence-electron chi connectivity index (χ2n) is 10.2. The Bertz CT molecular complexity index is 1190. The lowest BCUT2D eigenvalue weighted by molar-refractivity contribution is -0.127. The second-order valence-corrected chi connectivity index (χ2v) is 10.2. The number of H-pyrrole nitrogens is 1. The number of fused-ring (bicyclic) bond motifs is 1. The van der Waals surface area contributed by atoms with Crippen molar-refractivity contribution in [1.29, 1.82) is 0 Å². The molecule has 2 saturated carbocycles. The molecule has 2 aromatic heterocycles. The molecule has 10 nitrogen and oxygen atoms in total. The fraction of sp³-hybridized carbons (Fsp3) is 0.640. The summed E-state index contributed by atoms with van der Waals surface area (Å²) in [5, 5.41) is 0.306. The zero-order valence-corrected chi connectivity index (χ0v) is 20.7. The van der Waals surface area contributed by atoms with E-state index in [-0.39, 0.29) is 18.0 Å². The standard InChI is InChI=1S/C13H16N4O2.C12H20N2O2/c14-9-5-6-15-11-10(9)12(18)16-13(19)17(11)7-8-3-1-2-4-8;1-13-10(11(15)14(2)12(13)16)8-9-6-4-3-5-7-9/h5-6,8H,1-4,7H2,(H2,14,15)(H,16,18,19);9-10H,3-8H2,1-2H3. The number of nitrogen functional groups attached to an aromatic ring is 1. The number of amides is 3. The number of anilines is 1. The molecule has 3 amide bonds. The molecule has 3 fully saturated rings. The Morgan fingerprint density at radius 3 is 2.23 bits per heavy atom. The summed E-state index contributed by atoms with van der Waals surface area (Å²) in [7, 11) is 3.30. The van der Waals surface area contributed by atoms with Crippen molar-refractivity contribution in [2.24, 2.45) is 11.8 Å². The molecule has 190 valence electrons. The normalized spacial score (nSPS) is 21.6. The molecule has 0 radical (unpaired) electrons. The van der Waals surface area contributed by atoms with Crippen LogP contribution >= 0.6 is 0 Å². The van der Waals surface area contributed by atoms with Crippen molar-refractivity contribution < 1.29 is 9.59 Å². The monoisotopic (exact) mass is 484 g/mol. The summed E-state index contributed by atoms with van der Waals surface area (Å²) in [6, 6.07) is 1.20. The molecule has 35 heavy (non-hydrogen) atoms. The van der Waals surface area contributed by atoms with Crippen LogP contribution in [0.2, 0.25) is 0 Å². The molecule has 2 aromatic rings. The van der Waals surface area contributed by atoms with E-state index < -0.39 is 11.2 Å².